The minimum Gasteiger partial charge on any atom is -0.375 e. The van der Waals surface area contributed by atoms with Crippen molar-refractivity contribution in [3.8, 4) is 0 Å². The Hall–Kier alpha value is -0.320. The molecule has 1 aliphatic heterocycles. The zero-order valence-electron chi connectivity index (χ0n) is 8.41. The third-order valence-corrected chi connectivity index (χ3v) is 3.05. The lowest BCUT2D eigenvalue weighted by atomic mass is 10.1. The second-order valence-corrected chi connectivity index (χ2v) is 4.76. The molecule has 0 atom stereocenters. The third-order valence-electron chi connectivity index (χ3n) is 2.34. The number of rotatable bonds is 3. The molecular weight excluding hydrogens is 279 g/mol. The quantitative estimate of drug-likeness (QED) is 0.856. The molecule has 82 valence electrons. The van der Waals surface area contributed by atoms with Gasteiger partial charge < -0.3 is 9.64 Å². The molecule has 1 fully saturated rings. The van der Waals surface area contributed by atoms with Crippen LogP contribution in [0, 0.1) is 0 Å². The summed E-state index contributed by atoms with van der Waals surface area (Å²) < 4.78 is 6.37. The van der Waals surface area contributed by atoms with Gasteiger partial charge >= 0.3 is 0 Å². The van der Waals surface area contributed by atoms with E-state index in [0.29, 0.717) is 11.1 Å². The second kappa shape index (κ2) is 4.68. The van der Waals surface area contributed by atoms with E-state index in [4.69, 9.17) is 16.3 Å². The number of anilines is 1. The van der Waals surface area contributed by atoms with Crippen molar-refractivity contribution >= 4 is 33.3 Å². The van der Waals surface area contributed by atoms with Crippen molar-refractivity contribution in [3.05, 3.63) is 21.8 Å². The number of ether oxygens (including phenoxy) is 1. The lowest BCUT2D eigenvalue weighted by molar-refractivity contribution is 0.0427. The van der Waals surface area contributed by atoms with E-state index in [9.17, 15) is 0 Å². The van der Waals surface area contributed by atoms with E-state index < -0.39 is 0 Å². The number of nitrogens with zero attached hydrogens (tertiary/aromatic N) is 2. The Bertz CT molecular complexity index is 355. The fraction of sp³-hybridized carbons (Fsp3) is 0.500. The van der Waals surface area contributed by atoms with Gasteiger partial charge in [0.2, 0.25) is 0 Å². The van der Waals surface area contributed by atoms with E-state index >= 15 is 0 Å². The van der Waals surface area contributed by atoms with Gasteiger partial charge in [-0.3, -0.25) is 0 Å². The van der Waals surface area contributed by atoms with Crippen LogP contribution in [0.3, 0.4) is 0 Å². The van der Waals surface area contributed by atoms with Crippen LogP contribution in [0.25, 0.3) is 0 Å². The van der Waals surface area contributed by atoms with Gasteiger partial charge in [-0.25, -0.2) is 4.98 Å². The van der Waals surface area contributed by atoms with Crippen molar-refractivity contribution in [2.45, 2.75) is 13.0 Å². The van der Waals surface area contributed by atoms with Crippen LogP contribution in [0.1, 0.15) is 6.92 Å². The molecule has 1 saturated heterocycles. The number of hydrogen-bond donors (Lipinski definition) is 0. The summed E-state index contributed by atoms with van der Waals surface area (Å²) in [5, 5.41) is 0.680. The van der Waals surface area contributed by atoms with Gasteiger partial charge in [0.05, 0.1) is 11.1 Å². The minimum atomic E-state index is 0.330. The predicted molar refractivity (Wildman–Crippen MR) is 64.6 cm³/mol. The van der Waals surface area contributed by atoms with Gasteiger partial charge in [-0.2, -0.15) is 0 Å². The molecule has 0 spiro atoms. The Labute approximate surface area is 103 Å². The summed E-state index contributed by atoms with van der Waals surface area (Å²) in [5.41, 5.74) is 0. The first-order valence-electron chi connectivity index (χ1n) is 4.88. The van der Waals surface area contributed by atoms with Crippen molar-refractivity contribution in [3.63, 3.8) is 0 Å². The zero-order chi connectivity index (χ0) is 10.8. The highest BCUT2D eigenvalue weighted by atomic mass is 79.9. The molecule has 1 aromatic heterocycles. The summed E-state index contributed by atoms with van der Waals surface area (Å²) in [6.45, 7) is 4.53. The molecule has 0 aromatic carbocycles. The largest absolute Gasteiger partial charge is 0.375 e. The highest BCUT2D eigenvalue weighted by molar-refractivity contribution is 9.10. The topological polar surface area (TPSA) is 25.4 Å². The number of halogens is 2. The summed E-state index contributed by atoms with van der Waals surface area (Å²) in [6, 6.07) is 1.86. The normalized spacial score (nSPS) is 16.6. The average Bonchev–Trinajstić information content (AvgIpc) is 2.12. The van der Waals surface area contributed by atoms with E-state index in [-0.39, 0.29) is 0 Å². The Morgan fingerprint density at radius 3 is 3.00 bits per heavy atom. The molecule has 0 amide bonds. The lowest BCUT2D eigenvalue weighted by Gasteiger charge is -2.39. The Kier molecular flexibility index (Phi) is 3.49. The minimum absolute atomic E-state index is 0.330. The number of pyridine rings is 1. The standard InChI is InChI=1S/C10H12BrClN2O/c1-2-15-8-5-14(6-8)10-9(12)3-7(11)4-13-10/h3-4,8H,2,5-6H2,1H3. The molecule has 2 heterocycles. The summed E-state index contributed by atoms with van der Waals surface area (Å²) in [6.07, 6.45) is 2.09. The molecule has 0 aliphatic carbocycles. The van der Waals surface area contributed by atoms with Gasteiger partial charge in [0.15, 0.2) is 0 Å². The summed E-state index contributed by atoms with van der Waals surface area (Å²) in [7, 11) is 0. The summed E-state index contributed by atoms with van der Waals surface area (Å²) in [5.74, 6) is 0.843. The van der Waals surface area contributed by atoms with E-state index in [0.717, 1.165) is 30.0 Å². The molecule has 0 unspecified atom stereocenters. The number of aromatic nitrogens is 1. The molecule has 5 heteroatoms. The van der Waals surface area contributed by atoms with Crippen LogP contribution in [0.5, 0.6) is 0 Å². The van der Waals surface area contributed by atoms with E-state index in [1.807, 2.05) is 13.0 Å². The van der Waals surface area contributed by atoms with Crippen molar-refractivity contribution in [2.75, 3.05) is 24.6 Å². The molecule has 0 radical (unpaired) electrons. The number of hydrogen-bond acceptors (Lipinski definition) is 3. The van der Waals surface area contributed by atoms with E-state index in [1.54, 1.807) is 6.20 Å². The maximum atomic E-state index is 6.09. The molecular formula is C10H12BrClN2O. The van der Waals surface area contributed by atoms with Gasteiger partial charge in [0.25, 0.3) is 0 Å². The molecule has 0 bridgehead atoms. The predicted octanol–water partition coefficient (Wildman–Crippen LogP) is 2.72. The second-order valence-electron chi connectivity index (χ2n) is 3.44. The third kappa shape index (κ3) is 2.44. The maximum absolute atomic E-state index is 6.09. The van der Waals surface area contributed by atoms with Crippen LogP contribution in [-0.4, -0.2) is 30.8 Å². The smallest absolute Gasteiger partial charge is 0.147 e. The average molecular weight is 292 g/mol. The first-order valence-corrected chi connectivity index (χ1v) is 6.05. The first kappa shape index (κ1) is 11.2. The van der Waals surface area contributed by atoms with Crippen LogP contribution < -0.4 is 4.90 Å². The van der Waals surface area contributed by atoms with Crippen molar-refractivity contribution in [2.24, 2.45) is 0 Å². The maximum Gasteiger partial charge on any atom is 0.147 e. The Morgan fingerprint density at radius 1 is 1.67 bits per heavy atom. The van der Waals surface area contributed by atoms with Gasteiger partial charge in [-0.05, 0) is 28.9 Å². The SMILES string of the molecule is CCOC1CN(c2ncc(Br)cc2Cl)C1. The molecule has 15 heavy (non-hydrogen) atoms. The van der Waals surface area contributed by atoms with Crippen molar-refractivity contribution in [1.29, 1.82) is 0 Å². The van der Waals surface area contributed by atoms with Crippen LogP contribution in [0.15, 0.2) is 16.7 Å². The Morgan fingerprint density at radius 2 is 2.40 bits per heavy atom. The molecule has 1 aliphatic rings. The summed E-state index contributed by atoms with van der Waals surface area (Å²) in [4.78, 5) is 6.41. The molecule has 3 nitrogen and oxygen atoms in total. The van der Waals surface area contributed by atoms with E-state index in [1.165, 1.54) is 0 Å². The van der Waals surface area contributed by atoms with Crippen LogP contribution in [-0.2, 0) is 4.74 Å². The van der Waals surface area contributed by atoms with Gasteiger partial charge in [0.1, 0.15) is 5.82 Å². The van der Waals surface area contributed by atoms with Crippen LogP contribution in [0.4, 0.5) is 5.82 Å². The fourth-order valence-corrected chi connectivity index (χ4v) is 2.34. The van der Waals surface area contributed by atoms with Crippen molar-refractivity contribution < 1.29 is 4.74 Å². The van der Waals surface area contributed by atoms with Gasteiger partial charge in [0, 0.05) is 30.4 Å². The highest BCUT2D eigenvalue weighted by Gasteiger charge is 2.29. The van der Waals surface area contributed by atoms with Crippen molar-refractivity contribution in [1.82, 2.24) is 4.98 Å². The molecule has 0 N–H and O–H groups in total. The lowest BCUT2D eigenvalue weighted by Crippen LogP contribution is -2.52. The summed E-state index contributed by atoms with van der Waals surface area (Å²) >= 11 is 9.42. The highest BCUT2D eigenvalue weighted by Crippen LogP contribution is 2.29. The van der Waals surface area contributed by atoms with Gasteiger partial charge in [-0.15, -0.1) is 0 Å². The molecule has 2 rings (SSSR count). The van der Waals surface area contributed by atoms with Crippen LogP contribution >= 0.6 is 27.5 Å². The molecule has 0 saturated carbocycles. The van der Waals surface area contributed by atoms with Crippen LogP contribution in [0.2, 0.25) is 5.02 Å². The Balaban J connectivity index is 2.01. The van der Waals surface area contributed by atoms with Gasteiger partial charge in [-0.1, -0.05) is 11.6 Å². The first-order chi connectivity index (χ1) is 7.20. The molecule has 1 aromatic rings. The zero-order valence-corrected chi connectivity index (χ0v) is 10.8. The monoisotopic (exact) mass is 290 g/mol. The van der Waals surface area contributed by atoms with E-state index in [2.05, 4.69) is 25.8 Å². The fourth-order valence-electron chi connectivity index (χ4n) is 1.59.